The van der Waals surface area contributed by atoms with Crippen molar-refractivity contribution >= 4 is 17.5 Å². The van der Waals surface area contributed by atoms with Crippen LogP contribution in [0.1, 0.15) is 24.9 Å². The van der Waals surface area contributed by atoms with Gasteiger partial charge in [-0.2, -0.15) is 0 Å². The molecule has 2 rings (SSSR count). The van der Waals surface area contributed by atoms with Gasteiger partial charge >= 0.3 is 0 Å². The molecule has 1 N–H and O–H groups in total. The molecule has 1 amide bonds. The topological polar surface area (TPSA) is 38.3 Å². The Kier molecular flexibility index (Phi) is 5.93. The molecule has 0 radical (unpaired) electrons. The Morgan fingerprint density at radius 1 is 1.22 bits per heavy atom. The minimum atomic E-state index is -0.845. The van der Waals surface area contributed by atoms with Crippen molar-refractivity contribution < 1.29 is 18.3 Å². The van der Waals surface area contributed by atoms with Gasteiger partial charge in [0.2, 0.25) is 0 Å². The van der Waals surface area contributed by atoms with E-state index in [0.717, 1.165) is 17.7 Å². The van der Waals surface area contributed by atoms with Gasteiger partial charge in [0.05, 0.1) is 6.04 Å². The van der Waals surface area contributed by atoms with Gasteiger partial charge in [0, 0.05) is 11.1 Å². The summed E-state index contributed by atoms with van der Waals surface area (Å²) < 4.78 is 31.3. The molecule has 0 saturated heterocycles. The highest BCUT2D eigenvalue weighted by Crippen LogP contribution is 2.20. The summed E-state index contributed by atoms with van der Waals surface area (Å²) in [5, 5.41) is 3.42. The Morgan fingerprint density at radius 3 is 2.52 bits per heavy atom. The van der Waals surface area contributed by atoms with Crippen molar-refractivity contribution in [3.05, 3.63) is 64.7 Å². The van der Waals surface area contributed by atoms with Crippen LogP contribution < -0.4 is 10.1 Å². The smallest absolute Gasteiger partial charge is 0.258 e. The summed E-state index contributed by atoms with van der Waals surface area (Å²) >= 11 is 5.84. The van der Waals surface area contributed by atoms with E-state index in [1.165, 1.54) is 0 Å². The average molecular weight is 340 g/mol. The molecule has 0 aliphatic heterocycles. The fraction of sp³-hybridized carbons (Fsp3) is 0.235. The molecule has 23 heavy (non-hydrogen) atoms. The Bertz CT molecular complexity index is 677. The van der Waals surface area contributed by atoms with Crippen LogP contribution in [0.25, 0.3) is 0 Å². The number of carbonyl (C=O) groups excluding carboxylic acids is 1. The third-order valence-electron chi connectivity index (χ3n) is 3.27. The molecule has 0 fully saturated rings. The molecule has 0 aliphatic carbocycles. The first-order chi connectivity index (χ1) is 11.0. The van der Waals surface area contributed by atoms with Crippen LogP contribution in [0.2, 0.25) is 5.02 Å². The number of carbonyl (C=O) groups is 1. The molecular weight excluding hydrogens is 324 g/mol. The van der Waals surface area contributed by atoms with Gasteiger partial charge < -0.3 is 10.1 Å². The van der Waals surface area contributed by atoms with Crippen molar-refractivity contribution in [3.8, 4) is 5.75 Å². The van der Waals surface area contributed by atoms with Crippen LogP contribution in [0.15, 0.2) is 42.5 Å². The number of amides is 1. The third-order valence-corrected chi connectivity index (χ3v) is 3.52. The van der Waals surface area contributed by atoms with E-state index in [9.17, 15) is 13.6 Å². The van der Waals surface area contributed by atoms with E-state index in [1.54, 1.807) is 12.1 Å². The van der Waals surface area contributed by atoms with Crippen molar-refractivity contribution in [1.29, 1.82) is 0 Å². The molecule has 0 aromatic heterocycles. The zero-order valence-electron chi connectivity index (χ0n) is 12.5. The largest absolute Gasteiger partial charge is 0.481 e. The lowest BCUT2D eigenvalue weighted by Crippen LogP contribution is -2.32. The predicted octanol–water partition coefficient (Wildman–Crippen LogP) is 4.26. The van der Waals surface area contributed by atoms with Gasteiger partial charge in [-0.3, -0.25) is 4.79 Å². The first-order valence-corrected chi connectivity index (χ1v) is 7.50. The molecule has 122 valence electrons. The fourth-order valence-electron chi connectivity index (χ4n) is 2.09. The number of hydrogen-bond acceptors (Lipinski definition) is 2. The van der Waals surface area contributed by atoms with E-state index in [2.05, 4.69) is 5.32 Å². The van der Waals surface area contributed by atoms with E-state index >= 15 is 0 Å². The second-order valence-corrected chi connectivity index (χ2v) is 5.38. The van der Waals surface area contributed by atoms with Crippen molar-refractivity contribution in [2.45, 2.75) is 19.4 Å². The lowest BCUT2D eigenvalue weighted by Gasteiger charge is -2.18. The summed E-state index contributed by atoms with van der Waals surface area (Å²) in [7, 11) is 0. The van der Waals surface area contributed by atoms with Gasteiger partial charge in [-0.1, -0.05) is 30.7 Å². The monoisotopic (exact) mass is 339 g/mol. The minimum absolute atomic E-state index is 0.166. The van der Waals surface area contributed by atoms with Crippen LogP contribution >= 0.6 is 11.6 Å². The standard InChI is InChI=1S/C17H16ClF2NO2/c1-2-15(11-3-5-12(18)6-4-11)21-17(22)10-23-16-8-7-13(19)9-14(16)20/h3-9,15H,2,10H2,1H3,(H,21,22). The highest BCUT2D eigenvalue weighted by Gasteiger charge is 2.14. The highest BCUT2D eigenvalue weighted by atomic mass is 35.5. The van der Waals surface area contributed by atoms with Gasteiger partial charge in [-0.05, 0) is 36.2 Å². The second kappa shape index (κ2) is 7.92. The van der Waals surface area contributed by atoms with Crippen molar-refractivity contribution in [2.75, 3.05) is 6.61 Å². The molecule has 0 spiro atoms. The molecule has 1 unspecified atom stereocenters. The van der Waals surface area contributed by atoms with E-state index in [1.807, 2.05) is 19.1 Å². The zero-order valence-corrected chi connectivity index (χ0v) is 13.2. The van der Waals surface area contributed by atoms with Crippen LogP contribution in [-0.4, -0.2) is 12.5 Å². The van der Waals surface area contributed by atoms with Gasteiger partial charge in [0.25, 0.3) is 5.91 Å². The van der Waals surface area contributed by atoms with E-state index in [4.69, 9.17) is 16.3 Å². The molecule has 2 aromatic rings. The van der Waals surface area contributed by atoms with Gasteiger partial charge in [-0.15, -0.1) is 0 Å². The number of hydrogen-bond donors (Lipinski definition) is 1. The Balaban J connectivity index is 1.93. The van der Waals surface area contributed by atoms with Gasteiger partial charge in [0.1, 0.15) is 5.82 Å². The second-order valence-electron chi connectivity index (χ2n) is 4.94. The Morgan fingerprint density at radius 2 is 1.91 bits per heavy atom. The Hall–Kier alpha value is -2.14. The molecule has 2 aromatic carbocycles. The summed E-state index contributed by atoms with van der Waals surface area (Å²) in [6.45, 7) is 1.58. The maximum Gasteiger partial charge on any atom is 0.258 e. The van der Waals surface area contributed by atoms with Crippen molar-refractivity contribution in [2.24, 2.45) is 0 Å². The minimum Gasteiger partial charge on any atom is -0.481 e. The SMILES string of the molecule is CCC(NC(=O)COc1ccc(F)cc1F)c1ccc(Cl)cc1. The molecule has 0 bridgehead atoms. The highest BCUT2D eigenvalue weighted by molar-refractivity contribution is 6.30. The maximum atomic E-state index is 13.4. The molecule has 6 heteroatoms. The van der Waals surface area contributed by atoms with Crippen molar-refractivity contribution in [3.63, 3.8) is 0 Å². The normalized spacial score (nSPS) is 11.8. The number of benzene rings is 2. The van der Waals surface area contributed by atoms with Crippen LogP contribution in [0.4, 0.5) is 8.78 Å². The van der Waals surface area contributed by atoms with Crippen LogP contribution in [-0.2, 0) is 4.79 Å². The van der Waals surface area contributed by atoms with Crippen LogP contribution in [0, 0.1) is 11.6 Å². The molecule has 0 aliphatic rings. The van der Waals surface area contributed by atoms with Crippen molar-refractivity contribution in [1.82, 2.24) is 5.32 Å². The number of nitrogens with one attached hydrogen (secondary N) is 1. The fourth-order valence-corrected chi connectivity index (χ4v) is 2.21. The Labute approximate surface area is 138 Å². The summed E-state index contributed by atoms with van der Waals surface area (Å²) in [4.78, 5) is 11.9. The molecule has 0 saturated carbocycles. The average Bonchev–Trinajstić information content (AvgIpc) is 2.52. The summed E-state index contributed by atoms with van der Waals surface area (Å²) in [6.07, 6.45) is 0.679. The van der Waals surface area contributed by atoms with E-state index in [0.29, 0.717) is 17.5 Å². The molecule has 0 heterocycles. The third kappa shape index (κ3) is 4.93. The van der Waals surface area contributed by atoms with E-state index in [-0.39, 0.29) is 18.4 Å². The van der Waals surface area contributed by atoms with Crippen LogP contribution in [0.5, 0.6) is 5.75 Å². The van der Waals surface area contributed by atoms with Crippen LogP contribution in [0.3, 0.4) is 0 Å². The first kappa shape index (κ1) is 17.2. The van der Waals surface area contributed by atoms with Gasteiger partial charge in [0.15, 0.2) is 18.2 Å². The quantitative estimate of drug-likeness (QED) is 0.853. The van der Waals surface area contributed by atoms with Gasteiger partial charge in [-0.25, -0.2) is 8.78 Å². The predicted molar refractivity (Wildman–Crippen MR) is 84.5 cm³/mol. The molecule has 3 nitrogen and oxygen atoms in total. The lowest BCUT2D eigenvalue weighted by molar-refractivity contribution is -0.123. The summed E-state index contributed by atoms with van der Waals surface area (Å²) in [6, 6.07) is 9.88. The summed E-state index contributed by atoms with van der Waals surface area (Å²) in [5.41, 5.74) is 0.915. The molecular formula is C17H16ClF2NO2. The number of rotatable bonds is 6. The number of halogens is 3. The zero-order chi connectivity index (χ0) is 16.8. The van der Waals surface area contributed by atoms with E-state index < -0.39 is 17.5 Å². The lowest BCUT2D eigenvalue weighted by atomic mass is 10.0. The molecule has 1 atom stereocenters. The summed E-state index contributed by atoms with van der Waals surface area (Å²) in [5.74, 6) is -2.10. The number of ether oxygens (including phenoxy) is 1. The maximum absolute atomic E-state index is 13.4. The first-order valence-electron chi connectivity index (χ1n) is 7.12.